The Hall–Kier alpha value is -3.95. The fourth-order valence-corrected chi connectivity index (χ4v) is 4.57. The molecule has 1 saturated heterocycles. The largest absolute Gasteiger partial charge is 0.444 e. The molecule has 2 aromatic heterocycles. The lowest BCUT2D eigenvalue weighted by molar-refractivity contribution is -0.126. The van der Waals surface area contributed by atoms with Gasteiger partial charge in [-0.1, -0.05) is 0 Å². The molecule has 0 spiro atoms. The summed E-state index contributed by atoms with van der Waals surface area (Å²) in [5, 5.41) is 6.99. The topological polar surface area (TPSA) is 122 Å². The van der Waals surface area contributed by atoms with Crippen molar-refractivity contribution in [2.75, 3.05) is 36.5 Å². The van der Waals surface area contributed by atoms with Crippen LogP contribution in [0.15, 0.2) is 24.5 Å². The summed E-state index contributed by atoms with van der Waals surface area (Å²) in [5.74, 6) is -0.381. The summed E-state index contributed by atoms with van der Waals surface area (Å²) in [6.07, 6.45) is 3.92. The van der Waals surface area contributed by atoms with Gasteiger partial charge in [-0.05, 0) is 42.8 Å². The molecule has 34 heavy (non-hydrogen) atoms. The van der Waals surface area contributed by atoms with Gasteiger partial charge in [-0.15, -0.1) is 0 Å². The average Bonchev–Trinajstić information content (AvgIpc) is 3.13. The Kier molecular flexibility index (Phi) is 5.43. The first-order valence-electron chi connectivity index (χ1n) is 11.1. The molecule has 2 amide bonds. The highest BCUT2D eigenvalue weighted by Gasteiger charge is 2.30. The molecule has 0 radical (unpaired) electrons. The van der Waals surface area contributed by atoms with Gasteiger partial charge in [0, 0.05) is 42.5 Å². The molecule has 1 atom stereocenters. The molecular formula is C24H25FN6O3. The molecule has 4 heterocycles. The van der Waals surface area contributed by atoms with Crippen LogP contribution in [0.3, 0.4) is 0 Å². The van der Waals surface area contributed by atoms with Gasteiger partial charge in [0.15, 0.2) is 5.82 Å². The van der Waals surface area contributed by atoms with Crippen LogP contribution in [0.4, 0.5) is 26.4 Å². The molecule has 2 aliphatic rings. The smallest absolute Gasteiger partial charge is 0.413 e. The minimum Gasteiger partial charge on any atom is -0.444 e. The Balaban J connectivity index is 1.46. The number of hydrogen-bond acceptors (Lipinski definition) is 7. The van der Waals surface area contributed by atoms with Crippen LogP contribution in [0.5, 0.6) is 0 Å². The number of likely N-dealkylation sites (tertiary alicyclic amines) is 1. The maximum absolute atomic E-state index is 15.3. The lowest BCUT2D eigenvalue weighted by Gasteiger charge is -2.21. The van der Waals surface area contributed by atoms with Crippen molar-refractivity contribution in [3.8, 4) is 11.1 Å². The van der Waals surface area contributed by atoms with Gasteiger partial charge in [0.25, 0.3) is 0 Å². The summed E-state index contributed by atoms with van der Waals surface area (Å²) < 4.78 is 20.6. The van der Waals surface area contributed by atoms with Crippen LogP contribution in [0.2, 0.25) is 0 Å². The molecular weight excluding hydrogens is 439 g/mol. The molecule has 1 aromatic carbocycles. The van der Waals surface area contributed by atoms with E-state index in [-0.39, 0.29) is 23.8 Å². The molecule has 9 nitrogen and oxygen atoms in total. The summed E-state index contributed by atoms with van der Waals surface area (Å²) >= 11 is 0. The molecule has 176 valence electrons. The fraction of sp³-hybridized carbons (Fsp3) is 0.333. The number of carbonyl (C=O) groups excluding carboxylic acids is 2. The van der Waals surface area contributed by atoms with Crippen molar-refractivity contribution in [3.63, 3.8) is 0 Å². The highest BCUT2D eigenvalue weighted by molar-refractivity contribution is 5.99. The van der Waals surface area contributed by atoms with E-state index in [0.717, 1.165) is 36.3 Å². The first kappa shape index (κ1) is 21.9. The number of carbonyl (C=O) groups is 2. The molecule has 2 aliphatic heterocycles. The summed E-state index contributed by atoms with van der Waals surface area (Å²) in [5.41, 5.74) is 9.92. The van der Waals surface area contributed by atoms with Gasteiger partial charge < -0.3 is 20.7 Å². The van der Waals surface area contributed by atoms with Gasteiger partial charge in [0.05, 0.1) is 30.0 Å². The van der Waals surface area contributed by atoms with Gasteiger partial charge >= 0.3 is 6.09 Å². The summed E-state index contributed by atoms with van der Waals surface area (Å²) in [4.78, 5) is 34.2. The zero-order valence-corrected chi connectivity index (χ0v) is 18.9. The zero-order valence-electron chi connectivity index (χ0n) is 18.9. The molecule has 0 aliphatic carbocycles. The second-order valence-corrected chi connectivity index (χ2v) is 8.72. The first-order valence-corrected chi connectivity index (χ1v) is 11.1. The number of hydrogen-bond donors (Lipinski definition) is 3. The van der Waals surface area contributed by atoms with E-state index in [1.807, 2.05) is 6.92 Å². The summed E-state index contributed by atoms with van der Waals surface area (Å²) in [6.45, 7) is 3.14. The minimum atomic E-state index is -0.712. The Morgan fingerprint density at radius 2 is 2.12 bits per heavy atom. The normalized spacial score (nSPS) is 17.4. The second-order valence-electron chi connectivity index (χ2n) is 8.72. The van der Waals surface area contributed by atoms with Crippen LogP contribution in [-0.2, 0) is 16.0 Å². The van der Waals surface area contributed by atoms with Gasteiger partial charge in [-0.25, -0.2) is 14.2 Å². The van der Waals surface area contributed by atoms with Crippen LogP contribution in [-0.4, -0.2) is 53.1 Å². The van der Waals surface area contributed by atoms with Crippen LogP contribution in [0.1, 0.15) is 24.1 Å². The van der Waals surface area contributed by atoms with Crippen LogP contribution < -0.4 is 16.4 Å². The van der Waals surface area contributed by atoms with Gasteiger partial charge in [-0.3, -0.25) is 15.1 Å². The number of halogens is 1. The number of aryl methyl sites for hydroxylation is 1. The van der Waals surface area contributed by atoms with Crippen LogP contribution in [0, 0.1) is 12.7 Å². The van der Waals surface area contributed by atoms with Crippen molar-refractivity contribution in [1.29, 1.82) is 0 Å². The van der Waals surface area contributed by atoms with E-state index in [2.05, 4.69) is 20.6 Å². The minimum absolute atomic E-state index is 0.0216. The standard InChI is InChI=1S/C24H25FN6O3/c1-12-16(9-28-18-4-3-5-27-23(12)18)15-6-13-7-19(29-10-17(13)22(26)21(15)25)30-24(33)34-14-8-20(32)31(2)11-14/h6-7,9-10,14,27H,3-5,8,11,26H2,1-2H3,(H,29,30,33)/t14-/m1/s1. The number of nitrogen functional groups attached to an aromatic ring is 1. The van der Waals surface area contributed by atoms with Gasteiger partial charge in [0.1, 0.15) is 11.9 Å². The van der Waals surface area contributed by atoms with Crippen LogP contribution >= 0.6 is 0 Å². The molecule has 1 fully saturated rings. The van der Waals surface area contributed by atoms with E-state index in [9.17, 15) is 9.59 Å². The number of fused-ring (bicyclic) bond motifs is 2. The van der Waals surface area contributed by atoms with Crippen molar-refractivity contribution >= 4 is 40.0 Å². The summed E-state index contributed by atoms with van der Waals surface area (Å²) in [7, 11) is 1.66. The monoisotopic (exact) mass is 464 g/mol. The predicted octanol–water partition coefficient (Wildman–Crippen LogP) is 3.46. The summed E-state index contributed by atoms with van der Waals surface area (Å²) in [6, 6.07) is 3.30. The van der Waals surface area contributed by atoms with E-state index < -0.39 is 18.0 Å². The molecule has 0 unspecified atom stereocenters. The lowest BCUT2D eigenvalue weighted by Crippen LogP contribution is -2.25. The molecule has 0 bridgehead atoms. The van der Waals surface area contributed by atoms with E-state index in [0.29, 0.717) is 28.4 Å². The number of anilines is 3. The van der Waals surface area contributed by atoms with Crippen molar-refractivity contribution in [2.45, 2.75) is 32.3 Å². The van der Waals surface area contributed by atoms with Crippen molar-refractivity contribution < 1.29 is 18.7 Å². The highest BCUT2D eigenvalue weighted by Crippen LogP contribution is 2.38. The second kappa shape index (κ2) is 8.44. The Morgan fingerprint density at radius 1 is 1.29 bits per heavy atom. The first-order chi connectivity index (χ1) is 16.3. The SMILES string of the molecule is Cc1c(-c2cc3cc(NC(=O)O[C@@H]4CC(=O)N(C)C4)ncc3c(N)c2F)cnc2c1NCCC2. The predicted molar refractivity (Wildman–Crippen MR) is 127 cm³/mol. The van der Waals surface area contributed by atoms with Gasteiger partial charge in [-0.2, -0.15) is 0 Å². The number of likely N-dealkylation sites (N-methyl/N-ethyl adjacent to an activating group) is 1. The number of amides is 2. The average molecular weight is 465 g/mol. The maximum atomic E-state index is 15.3. The fourth-order valence-electron chi connectivity index (χ4n) is 4.57. The number of nitrogens with one attached hydrogen (secondary N) is 2. The molecule has 3 aromatic rings. The Labute approximate surface area is 195 Å². The molecule has 5 rings (SSSR count). The number of benzene rings is 1. The van der Waals surface area contributed by atoms with Crippen molar-refractivity contribution in [2.24, 2.45) is 0 Å². The molecule has 0 saturated carbocycles. The van der Waals surface area contributed by atoms with E-state index in [1.165, 1.54) is 11.1 Å². The van der Waals surface area contributed by atoms with E-state index in [1.54, 1.807) is 25.4 Å². The number of aromatic nitrogens is 2. The number of rotatable bonds is 3. The number of nitrogens with zero attached hydrogens (tertiary/aromatic N) is 3. The number of ether oxygens (including phenoxy) is 1. The number of pyridine rings is 2. The zero-order chi connectivity index (χ0) is 24.0. The third-order valence-corrected chi connectivity index (χ3v) is 6.41. The number of nitrogens with two attached hydrogens (primary N) is 1. The van der Waals surface area contributed by atoms with Crippen LogP contribution in [0.25, 0.3) is 21.9 Å². The Bertz CT molecular complexity index is 1330. The molecule has 4 N–H and O–H groups in total. The van der Waals surface area contributed by atoms with Crippen molar-refractivity contribution in [3.05, 3.63) is 41.6 Å². The molecule has 10 heteroatoms. The quantitative estimate of drug-likeness (QED) is 0.507. The third-order valence-electron chi connectivity index (χ3n) is 6.41. The Morgan fingerprint density at radius 3 is 2.88 bits per heavy atom. The van der Waals surface area contributed by atoms with Gasteiger partial charge in [0.2, 0.25) is 5.91 Å². The lowest BCUT2D eigenvalue weighted by atomic mass is 9.95. The van der Waals surface area contributed by atoms with E-state index in [4.69, 9.17) is 10.5 Å². The maximum Gasteiger partial charge on any atom is 0.413 e. The highest BCUT2D eigenvalue weighted by atomic mass is 19.1. The van der Waals surface area contributed by atoms with Crippen molar-refractivity contribution in [1.82, 2.24) is 14.9 Å². The third kappa shape index (κ3) is 3.85. The van der Waals surface area contributed by atoms with E-state index >= 15 is 4.39 Å².